The Bertz CT molecular complexity index is 503. The summed E-state index contributed by atoms with van der Waals surface area (Å²) in [4.78, 5) is 10.7. The highest BCUT2D eigenvalue weighted by Crippen LogP contribution is 2.25. The second-order valence-electron chi connectivity index (χ2n) is 4.20. The molecule has 4 nitrogen and oxygen atoms in total. The van der Waals surface area contributed by atoms with Crippen molar-refractivity contribution in [2.75, 3.05) is 13.2 Å². The molecule has 108 valence electrons. The third-order valence-electron chi connectivity index (χ3n) is 2.67. The van der Waals surface area contributed by atoms with Crippen molar-refractivity contribution in [3.05, 3.63) is 48.1 Å². The Balaban J connectivity index is 2.80. The molecule has 0 aliphatic heterocycles. The lowest BCUT2D eigenvalue weighted by molar-refractivity contribution is -0.132. The molecule has 1 rings (SSSR count). The van der Waals surface area contributed by atoms with Crippen molar-refractivity contribution in [3.8, 4) is 11.5 Å². The number of carboxylic acid groups (broad SMARTS) is 1. The normalized spacial score (nSPS) is 11.0. The van der Waals surface area contributed by atoms with E-state index in [-0.39, 0.29) is 12.2 Å². The second-order valence-corrected chi connectivity index (χ2v) is 4.20. The van der Waals surface area contributed by atoms with Crippen LogP contribution in [0.4, 0.5) is 0 Å². The van der Waals surface area contributed by atoms with Gasteiger partial charge in [0.15, 0.2) is 0 Å². The topological polar surface area (TPSA) is 55.8 Å². The summed E-state index contributed by atoms with van der Waals surface area (Å²) in [6.45, 7) is 8.01. The molecule has 0 aromatic heterocycles. The van der Waals surface area contributed by atoms with Gasteiger partial charge in [-0.05, 0) is 44.5 Å². The Hall–Kier alpha value is -2.23. The number of hydrogen-bond acceptors (Lipinski definition) is 3. The summed E-state index contributed by atoms with van der Waals surface area (Å²) in [5, 5.41) is 8.76. The van der Waals surface area contributed by atoms with Crippen molar-refractivity contribution in [2.24, 2.45) is 0 Å². The zero-order valence-electron chi connectivity index (χ0n) is 11.9. The van der Waals surface area contributed by atoms with E-state index >= 15 is 0 Å². The number of rotatable bonds is 8. The summed E-state index contributed by atoms with van der Waals surface area (Å²) in [5.41, 5.74) is 1.23. The third kappa shape index (κ3) is 4.80. The average Bonchev–Trinajstić information content (AvgIpc) is 2.41. The molecule has 0 unspecified atom stereocenters. The molecule has 0 saturated heterocycles. The van der Waals surface area contributed by atoms with E-state index in [1.165, 1.54) is 13.0 Å². The van der Waals surface area contributed by atoms with Gasteiger partial charge in [0, 0.05) is 11.1 Å². The van der Waals surface area contributed by atoms with Gasteiger partial charge in [-0.2, -0.15) is 0 Å². The molecule has 1 N–H and O–H groups in total. The molecule has 0 aliphatic rings. The van der Waals surface area contributed by atoms with E-state index in [2.05, 4.69) is 6.58 Å². The highest BCUT2D eigenvalue weighted by Gasteiger charge is 2.05. The number of carbonyl (C=O) groups is 1. The van der Waals surface area contributed by atoms with Crippen molar-refractivity contribution in [3.63, 3.8) is 0 Å². The van der Waals surface area contributed by atoms with Crippen LogP contribution in [0.1, 0.15) is 19.4 Å². The van der Waals surface area contributed by atoms with Crippen molar-refractivity contribution in [1.29, 1.82) is 0 Å². The van der Waals surface area contributed by atoms with Crippen LogP contribution in [0.5, 0.6) is 11.5 Å². The molecule has 0 bridgehead atoms. The number of hydrogen-bond donors (Lipinski definition) is 1. The summed E-state index contributed by atoms with van der Waals surface area (Å²) >= 11 is 0. The second kappa shape index (κ2) is 8.04. The van der Waals surface area contributed by atoms with Crippen molar-refractivity contribution in [2.45, 2.75) is 20.3 Å². The summed E-state index contributed by atoms with van der Waals surface area (Å²) in [6, 6.07) is 5.57. The first-order chi connectivity index (χ1) is 9.58. The van der Waals surface area contributed by atoms with Crippen molar-refractivity contribution in [1.82, 2.24) is 0 Å². The van der Waals surface area contributed by atoms with Gasteiger partial charge in [0.1, 0.15) is 18.1 Å². The van der Waals surface area contributed by atoms with Crippen LogP contribution in [0.15, 0.2) is 42.5 Å². The minimum absolute atomic E-state index is 0.219. The van der Waals surface area contributed by atoms with Crippen LogP contribution < -0.4 is 9.47 Å². The predicted octanol–water partition coefficient (Wildman–Crippen LogP) is 3.22. The van der Waals surface area contributed by atoms with Gasteiger partial charge >= 0.3 is 5.97 Å². The molecule has 4 heteroatoms. The first-order valence-corrected chi connectivity index (χ1v) is 6.48. The van der Waals surface area contributed by atoms with Crippen LogP contribution in [0.25, 0.3) is 0 Å². The zero-order chi connectivity index (χ0) is 15.0. The number of carboxylic acids is 1. The molecule has 0 heterocycles. The van der Waals surface area contributed by atoms with E-state index < -0.39 is 5.97 Å². The molecule has 0 aliphatic carbocycles. The van der Waals surface area contributed by atoms with Gasteiger partial charge in [0.25, 0.3) is 0 Å². The van der Waals surface area contributed by atoms with Crippen LogP contribution in [-0.2, 0) is 11.2 Å². The Morgan fingerprint density at radius 1 is 1.40 bits per heavy atom. The van der Waals surface area contributed by atoms with Crippen LogP contribution in [0.3, 0.4) is 0 Å². The van der Waals surface area contributed by atoms with Gasteiger partial charge in [0.2, 0.25) is 0 Å². The van der Waals surface area contributed by atoms with Gasteiger partial charge in [-0.3, -0.25) is 0 Å². The standard InChI is InChI=1S/C16H20O4/c1-4-6-13-11-14(19-5-2)7-8-15(13)20-10-9-12(3)16(17)18/h4,7-9,11H,1,5-6,10H2,2-3H3,(H,17,18). The van der Waals surface area contributed by atoms with Gasteiger partial charge in [-0.15, -0.1) is 6.58 Å². The van der Waals surface area contributed by atoms with Crippen LogP contribution >= 0.6 is 0 Å². The number of ether oxygens (including phenoxy) is 2. The first-order valence-electron chi connectivity index (χ1n) is 6.48. The minimum Gasteiger partial charge on any atom is -0.494 e. The Morgan fingerprint density at radius 2 is 2.15 bits per heavy atom. The first kappa shape index (κ1) is 15.8. The van der Waals surface area contributed by atoms with E-state index in [1.807, 2.05) is 25.1 Å². The van der Waals surface area contributed by atoms with Gasteiger partial charge in [0.05, 0.1) is 6.61 Å². The molecule has 20 heavy (non-hydrogen) atoms. The molecule has 1 aromatic rings. The third-order valence-corrected chi connectivity index (χ3v) is 2.67. The fourth-order valence-corrected chi connectivity index (χ4v) is 1.61. The van der Waals surface area contributed by atoms with E-state index in [1.54, 1.807) is 6.08 Å². The van der Waals surface area contributed by atoms with Gasteiger partial charge < -0.3 is 14.6 Å². The van der Waals surface area contributed by atoms with Gasteiger partial charge in [-0.1, -0.05) is 6.08 Å². The average molecular weight is 276 g/mol. The molecule has 0 fully saturated rings. The summed E-state index contributed by atoms with van der Waals surface area (Å²) in [7, 11) is 0. The minimum atomic E-state index is -0.938. The fraction of sp³-hybridized carbons (Fsp3) is 0.312. The van der Waals surface area contributed by atoms with E-state index in [0.717, 1.165) is 11.3 Å². The highest BCUT2D eigenvalue weighted by molar-refractivity contribution is 5.85. The van der Waals surface area contributed by atoms with Crippen molar-refractivity contribution >= 4 is 5.97 Å². The van der Waals surface area contributed by atoms with Crippen molar-refractivity contribution < 1.29 is 19.4 Å². The summed E-state index contributed by atoms with van der Waals surface area (Å²) in [6.07, 6.45) is 3.99. The maximum Gasteiger partial charge on any atom is 0.331 e. The van der Waals surface area contributed by atoms with E-state index in [4.69, 9.17) is 14.6 Å². The van der Waals surface area contributed by atoms with Crippen LogP contribution in [-0.4, -0.2) is 24.3 Å². The molecule has 1 aromatic carbocycles. The van der Waals surface area contributed by atoms with Crippen LogP contribution in [0.2, 0.25) is 0 Å². The summed E-state index contributed by atoms with van der Waals surface area (Å²) < 4.78 is 11.0. The smallest absolute Gasteiger partial charge is 0.331 e. The molecular weight excluding hydrogens is 256 g/mol. The largest absolute Gasteiger partial charge is 0.494 e. The monoisotopic (exact) mass is 276 g/mol. The lowest BCUT2D eigenvalue weighted by atomic mass is 10.1. The Labute approximate surface area is 119 Å². The fourth-order valence-electron chi connectivity index (χ4n) is 1.61. The summed E-state index contributed by atoms with van der Waals surface area (Å²) in [5.74, 6) is 0.559. The Kier molecular flexibility index (Phi) is 6.37. The number of benzene rings is 1. The number of allylic oxidation sites excluding steroid dienone is 1. The number of aliphatic carboxylic acids is 1. The maximum absolute atomic E-state index is 10.7. The maximum atomic E-state index is 10.7. The molecule has 0 saturated carbocycles. The lowest BCUT2D eigenvalue weighted by Crippen LogP contribution is -2.02. The quantitative estimate of drug-likeness (QED) is 0.585. The zero-order valence-corrected chi connectivity index (χ0v) is 11.9. The molecular formula is C16H20O4. The van der Waals surface area contributed by atoms with Gasteiger partial charge in [-0.25, -0.2) is 4.79 Å². The van der Waals surface area contributed by atoms with Crippen LogP contribution in [0, 0.1) is 0 Å². The lowest BCUT2D eigenvalue weighted by Gasteiger charge is -2.11. The molecule has 0 amide bonds. The molecule has 0 spiro atoms. The molecule has 0 atom stereocenters. The SMILES string of the molecule is C=CCc1cc(OCC)ccc1OCC=C(C)C(=O)O. The molecule has 0 radical (unpaired) electrons. The predicted molar refractivity (Wildman–Crippen MR) is 78.4 cm³/mol. The Morgan fingerprint density at radius 3 is 2.75 bits per heavy atom. The van der Waals surface area contributed by atoms with E-state index in [9.17, 15) is 4.79 Å². The highest BCUT2D eigenvalue weighted by atomic mass is 16.5. The van der Waals surface area contributed by atoms with E-state index in [0.29, 0.717) is 18.8 Å².